The molecule has 0 spiro atoms. The molecule has 4 rings (SSSR count). The quantitative estimate of drug-likeness (QED) is 0.177. The molecule has 0 saturated heterocycles. The topological polar surface area (TPSA) is 58.2 Å². The van der Waals surface area contributed by atoms with E-state index in [9.17, 15) is 27.2 Å². The van der Waals surface area contributed by atoms with Crippen LogP contribution >= 0.6 is 23.4 Å². The van der Waals surface area contributed by atoms with Crippen LogP contribution in [0.2, 0.25) is 5.02 Å². The summed E-state index contributed by atoms with van der Waals surface area (Å²) in [5, 5.41) is 4.09. The van der Waals surface area contributed by atoms with Crippen molar-refractivity contribution in [2.24, 2.45) is 0 Å². The van der Waals surface area contributed by atoms with Gasteiger partial charge >= 0.3 is 6.18 Å². The zero-order chi connectivity index (χ0) is 27.3. The van der Waals surface area contributed by atoms with E-state index >= 15 is 0 Å². The number of amides is 2. The Morgan fingerprint density at radius 2 is 1.53 bits per heavy atom. The number of carbonyl (C=O) groups excluding carboxylic acids is 2. The number of anilines is 2. The monoisotopic (exact) mass is 558 g/mol. The Labute approximate surface area is 225 Å². The smallest absolute Gasteiger partial charge is 0.324 e. The number of hydrogen-bond donors (Lipinski definition) is 2. The Balaban J connectivity index is 1.58. The van der Waals surface area contributed by atoms with Crippen molar-refractivity contribution in [2.45, 2.75) is 16.3 Å². The highest BCUT2D eigenvalue weighted by Crippen LogP contribution is 2.40. The molecule has 194 valence electrons. The third-order valence-electron chi connectivity index (χ3n) is 5.34. The Morgan fingerprint density at radius 3 is 2.21 bits per heavy atom. The van der Waals surface area contributed by atoms with Crippen molar-refractivity contribution >= 4 is 46.6 Å². The summed E-state index contributed by atoms with van der Waals surface area (Å²) in [4.78, 5) is 26.4. The summed E-state index contributed by atoms with van der Waals surface area (Å²) < 4.78 is 53.9. The average Bonchev–Trinajstić information content (AvgIpc) is 2.89. The molecular weight excluding hydrogens is 540 g/mol. The molecule has 0 aromatic heterocycles. The molecule has 0 radical (unpaired) electrons. The minimum atomic E-state index is -4.72. The summed E-state index contributed by atoms with van der Waals surface area (Å²) in [6.45, 7) is 0. The van der Waals surface area contributed by atoms with Gasteiger partial charge in [-0.25, -0.2) is 4.39 Å². The van der Waals surface area contributed by atoms with Crippen LogP contribution in [0.25, 0.3) is 0 Å². The van der Waals surface area contributed by atoms with Crippen LogP contribution in [0.4, 0.5) is 28.9 Å². The molecule has 0 fully saturated rings. The Bertz CT molecular complexity index is 1450. The molecule has 4 aromatic rings. The van der Waals surface area contributed by atoms with Crippen LogP contribution in [-0.4, -0.2) is 11.8 Å². The summed E-state index contributed by atoms with van der Waals surface area (Å²) >= 11 is 6.86. The van der Waals surface area contributed by atoms with Crippen molar-refractivity contribution < 1.29 is 27.2 Å². The van der Waals surface area contributed by atoms with Crippen molar-refractivity contribution in [1.29, 1.82) is 0 Å². The summed E-state index contributed by atoms with van der Waals surface area (Å²) in [7, 11) is 0. The van der Waals surface area contributed by atoms with E-state index in [-0.39, 0.29) is 10.6 Å². The lowest BCUT2D eigenvalue weighted by Crippen LogP contribution is -2.21. The first-order valence-electron chi connectivity index (χ1n) is 11.2. The predicted molar refractivity (Wildman–Crippen MR) is 141 cm³/mol. The summed E-state index contributed by atoms with van der Waals surface area (Å²) in [5.74, 6) is -1.59. The van der Waals surface area contributed by atoms with Gasteiger partial charge in [-0.15, -0.1) is 11.8 Å². The van der Waals surface area contributed by atoms with Gasteiger partial charge in [0.2, 0.25) is 5.91 Å². The van der Waals surface area contributed by atoms with Crippen LogP contribution in [-0.2, 0) is 11.0 Å². The van der Waals surface area contributed by atoms with Gasteiger partial charge in [0.1, 0.15) is 11.1 Å². The third-order valence-corrected chi connectivity index (χ3v) is 6.82. The molecule has 4 aromatic carbocycles. The molecule has 0 saturated carbocycles. The van der Waals surface area contributed by atoms with Crippen LogP contribution < -0.4 is 10.6 Å². The zero-order valence-corrected chi connectivity index (χ0v) is 21.0. The molecule has 0 heterocycles. The lowest BCUT2D eigenvalue weighted by molar-refractivity contribution is -0.137. The molecule has 10 heteroatoms. The second kappa shape index (κ2) is 11.7. The van der Waals surface area contributed by atoms with E-state index in [0.29, 0.717) is 16.1 Å². The molecular formula is C28H19ClF4N2O2S. The highest BCUT2D eigenvalue weighted by molar-refractivity contribution is 8.00. The van der Waals surface area contributed by atoms with Crippen LogP contribution in [0, 0.1) is 5.82 Å². The van der Waals surface area contributed by atoms with Crippen molar-refractivity contribution in [2.75, 3.05) is 10.6 Å². The van der Waals surface area contributed by atoms with Crippen LogP contribution in [0.15, 0.2) is 102 Å². The van der Waals surface area contributed by atoms with E-state index in [4.69, 9.17) is 11.6 Å². The van der Waals surface area contributed by atoms with Gasteiger partial charge in [-0.3, -0.25) is 9.59 Å². The number of carbonyl (C=O) groups is 2. The normalized spacial score (nSPS) is 12.0. The van der Waals surface area contributed by atoms with Crippen molar-refractivity contribution in [3.8, 4) is 0 Å². The molecule has 2 N–H and O–H groups in total. The Morgan fingerprint density at radius 1 is 0.816 bits per heavy atom. The Kier molecular flexibility index (Phi) is 8.38. The molecule has 2 amide bonds. The first-order valence-corrected chi connectivity index (χ1v) is 12.4. The SMILES string of the molecule is O=C(Nc1cccc(SC(C(=O)Nc2ccc(Cl)cc2C(F)(F)F)c2ccccc2)c1)c1ccc(F)cc1. The molecule has 0 aliphatic heterocycles. The molecule has 38 heavy (non-hydrogen) atoms. The molecule has 0 aliphatic carbocycles. The lowest BCUT2D eigenvalue weighted by atomic mass is 10.1. The average molecular weight is 559 g/mol. The van der Waals surface area contributed by atoms with E-state index in [0.717, 1.165) is 23.9 Å². The van der Waals surface area contributed by atoms with E-state index in [1.165, 1.54) is 30.3 Å². The predicted octanol–water partition coefficient (Wildman–Crippen LogP) is 8.22. The van der Waals surface area contributed by atoms with Gasteiger partial charge in [0.05, 0.1) is 11.3 Å². The molecule has 0 aliphatic rings. The fraction of sp³-hybridized carbons (Fsp3) is 0.0714. The van der Waals surface area contributed by atoms with Gasteiger partial charge in [-0.05, 0) is 66.2 Å². The summed E-state index contributed by atoms with van der Waals surface area (Å²) in [6.07, 6.45) is -4.72. The van der Waals surface area contributed by atoms with Crippen molar-refractivity contribution in [3.05, 3.63) is 125 Å². The van der Waals surface area contributed by atoms with Crippen LogP contribution in [0.1, 0.15) is 26.7 Å². The summed E-state index contributed by atoms with van der Waals surface area (Å²) in [6, 6.07) is 23.5. The van der Waals surface area contributed by atoms with Gasteiger partial charge in [0.25, 0.3) is 5.91 Å². The van der Waals surface area contributed by atoms with Gasteiger partial charge < -0.3 is 10.6 Å². The van der Waals surface area contributed by atoms with E-state index in [1.54, 1.807) is 54.6 Å². The van der Waals surface area contributed by atoms with Crippen LogP contribution in [0.5, 0.6) is 0 Å². The third kappa shape index (κ3) is 6.93. The van der Waals surface area contributed by atoms with Crippen LogP contribution in [0.3, 0.4) is 0 Å². The molecule has 4 nitrogen and oxygen atoms in total. The first kappa shape index (κ1) is 27.2. The fourth-order valence-corrected chi connectivity index (χ4v) is 4.80. The number of alkyl halides is 3. The summed E-state index contributed by atoms with van der Waals surface area (Å²) in [5.41, 5.74) is -0.212. The number of rotatable bonds is 7. The molecule has 1 atom stereocenters. The lowest BCUT2D eigenvalue weighted by Gasteiger charge is -2.20. The second-order valence-electron chi connectivity index (χ2n) is 8.07. The number of nitrogens with one attached hydrogen (secondary N) is 2. The standard InChI is InChI=1S/C28H19ClF4N2O2S/c29-19-11-14-24(23(15-19)28(31,32)33)35-27(37)25(17-5-2-1-3-6-17)38-22-8-4-7-21(16-22)34-26(36)18-9-12-20(30)13-10-18/h1-16,25H,(H,34,36)(H,35,37). The second-order valence-corrected chi connectivity index (χ2v) is 9.69. The van der Waals surface area contributed by atoms with Gasteiger partial charge in [0.15, 0.2) is 0 Å². The van der Waals surface area contributed by atoms with Gasteiger partial charge in [0, 0.05) is 21.2 Å². The highest BCUT2D eigenvalue weighted by atomic mass is 35.5. The minimum absolute atomic E-state index is 0.108. The van der Waals surface area contributed by atoms with E-state index in [2.05, 4.69) is 10.6 Å². The number of hydrogen-bond acceptors (Lipinski definition) is 3. The van der Waals surface area contributed by atoms with Crippen molar-refractivity contribution in [3.63, 3.8) is 0 Å². The van der Waals surface area contributed by atoms with E-state index in [1.807, 2.05) is 0 Å². The largest absolute Gasteiger partial charge is 0.418 e. The minimum Gasteiger partial charge on any atom is -0.324 e. The van der Waals surface area contributed by atoms with Gasteiger partial charge in [-0.1, -0.05) is 48.0 Å². The van der Waals surface area contributed by atoms with Crippen molar-refractivity contribution in [1.82, 2.24) is 0 Å². The number of halogens is 5. The molecule has 0 bridgehead atoms. The Hall–Kier alpha value is -3.82. The van der Waals surface area contributed by atoms with E-state index < -0.39 is 40.3 Å². The first-order chi connectivity index (χ1) is 18.1. The highest BCUT2D eigenvalue weighted by Gasteiger charge is 2.35. The maximum atomic E-state index is 13.6. The number of benzene rings is 4. The molecule has 1 unspecified atom stereocenters. The maximum absolute atomic E-state index is 13.6. The zero-order valence-electron chi connectivity index (χ0n) is 19.4. The van der Waals surface area contributed by atoms with Gasteiger partial charge in [-0.2, -0.15) is 13.2 Å². The number of thioether (sulfide) groups is 1. The fourth-order valence-electron chi connectivity index (χ4n) is 3.55. The maximum Gasteiger partial charge on any atom is 0.418 e.